The summed E-state index contributed by atoms with van der Waals surface area (Å²) in [4.78, 5) is 14.8. The summed E-state index contributed by atoms with van der Waals surface area (Å²) in [6.07, 6.45) is 1.50. The number of aromatic amines is 1. The molecular weight excluding hydrogens is 262 g/mol. The zero-order valence-electron chi connectivity index (χ0n) is 11.0. The number of benzene rings is 1. The van der Waals surface area contributed by atoms with E-state index in [1.165, 1.54) is 19.2 Å². The van der Waals surface area contributed by atoms with Crippen molar-refractivity contribution in [3.63, 3.8) is 0 Å². The van der Waals surface area contributed by atoms with Crippen LogP contribution < -0.4 is 10.5 Å². The van der Waals surface area contributed by atoms with E-state index in [2.05, 4.69) is 15.2 Å². The third-order valence-corrected chi connectivity index (χ3v) is 2.78. The van der Waals surface area contributed by atoms with Gasteiger partial charge in [0.2, 0.25) is 0 Å². The number of nitrogens with one attached hydrogen (secondary N) is 1. The van der Waals surface area contributed by atoms with Gasteiger partial charge in [-0.1, -0.05) is 0 Å². The monoisotopic (exact) mass is 277 g/mol. The van der Waals surface area contributed by atoms with Gasteiger partial charge in [0.15, 0.2) is 11.6 Å². The van der Waals surface area contributed by atoms with E-state index in [1.807, 2.05) is 0 Å². The molecule has 0 spiro atoms. The van der Waals surface area contributed by atoms with Crippen molar-refractivity contribution in [2.45, 2.75) is 12.8 Å². The summed E-state index contributed by atoms with van der Waals surface area (Å²) in [7, 11) is 1.39. The number of ether oxygens (including phenoxy) is 1. The van der Waals surface area contributed by atoms with Crippen molar-refractivity contribution in [3.05, 3.63) is 34.1 Å². The summed E-state index contributed by atoms with van der Waals surface area (Å²) < 4.78 is 4.95. The maximum atomic E-state index is 11.0. The van der Waals surface area contributed by atoms with Gasteiger partial charge in [-0.3, -0.25) is 15.2 Å². The molecule has 8 nitrogen and oxygen atoms in total. The minimum absolute atomic E-state index is 0.113. The summed E-state index contributed by atoms with van der Waals surface area (Å²) >= 11 is 0. The van der Waals surface area contributed by atoms with Gasteiger partial charge >= 0.3 is 5.69 Å². The van der Waals surface area contributed by atoms with E-state index in [9.17, 15) is 10.1 Å². The molecule has 1 heterocycles. The topological polar surface area (TPSA) is 120 Å². The molecule has 0 aliphatic carbocycles. The van der Waals surface area contributed by atoms with Crippen LogP contribution in [0.3, 0.4) is 0 Å². The van der Waals surface area contributed by atoms with E-state index in [4.69, 9.17) is 10.5 Å². The van der Waals surface area contributed by atoms with Crippen LogP contribution in [-0.4, -0.2) is 33.8 Å². The van der Waals surface area contributed by atoms with Crippen LogP contribution in [-0.2, 0) is 6.42 Å². The Hall–Kier alpha value is -2.48. The Morgan fingerprint density at radius 2 is 2.30 bits per heavy atom. The van der Waals surface area contributed by atoms with Gasteiger partial charge in [0.1, 0.15) is 5.82 Å². The minimum atomic E-state index is -0.496. The molecule has 8 heteroatoms. The van der Waals surface area contributed by atoms with Crippen LogP contribution in [0.4, 0.5) is 5.69 Å². The fourth-order valence-corrected chi connectivity index (χ4v) is 1.78. The first-order chi connectivity index (χ1) is 9.65. The molecule has 0 fully saturated rings. The molecule has 20 heavy (non-hydrogen) atoms. The number of H-pyrrole nitrogens is 1. The quantitative estimate of drug-likeness (QED) is 0.606. The highest BCUT2D eigenvalue weighted by Gasteiger charge is 2.17. The van der Waals surface area contributed by atoms with E-state index < -0.39 is 4.92 Å². The first kappa shape index (κ1) is 13.9. The smallest absolute Gasteiger partial charge is 0.311 e. The molecule has 2 rings (SSSR count). The number of methoxy groups -OCH3 is 1. The average Bonchev–Trinajstić information content (AvgIpc) is 2.93. The average molecular weight is 277 g/mol. The lowest BCUT2D eigenvalue weighted by atomic mass is 10.2. The lowest BCUT2D eigenvalue weighted by Crippen LogP contribution is -2.01. The predicted octanol–water partition coefficient (Wildman–Crippen LogP) is 1.28. The molecule has 1 aromatic heterocycles. The van der Waals surface area contributed by atoms with Crippen LogP contribution in [0.5, 0.6) is 5.75 Å². The molecule has 0 amide bonds. The van der Waals surface area contributed by atoms with E-state index in [0.29, 0.717) is 30.2 Å². The Bertz CT molecular complexity index is 611. The normalized spacial score (nSPS) is 10.5. The van der Waals surface area contributed by atoms with E-state index in [0.717, 1.165) is 6.42 Å². The second kappa shape index (κ2) is 6.11. The zero-order valence-corrected chi connectivity index (χ0v) is 11.0. The summed E-state index contributed by atoms with van der Waals surface area (Å²) in [6, 6.07) is 4.61. The van der Waals surface area contributed by atoms with Gasteiger partial charge in [0, 0.05) is 18.1 Å². The van der Waals surface area contributed by atoms with Gasteiger partial charge in [-0.15, -0.1) is 0 Å². The molecule has 2 aromatic rings. The number of hydrogen-bond donors (Lipinski definition) is 2. The van der Waals surface area contributed by atoms with Gasteiger partial charge in [0.25, 0.3) is 0 Å². The van der Waals surface area contributed by atoms with Crippen molar-refractivity contribution in [3.8, 4) is 17.1 Å². The number of nitro groups is 1. The summed E-state index contributed by atoms with van der Waals surface area (Å²) in [5.74, 6) is 1.34. The van der Waals surface area contributed by atoms with Crippen LogP contribution >= 0.6 is 0 Å². The maximum Gasteiger partial charge on any atom is 0.311 e. The van der Waals surface area contributed by atoms with Gasteiger partial charge in [-0.25, -0.2) is 4.98 Å². The SMILES string of the molecule is COc1ccc(-c2n[nH]c(CCCN)n2)cc1[N+](=O)[O-]. The molecule has 0 radical (unpaired) electrons. The minimum Gasteiger partial charge on any atom is -0.490 e. The fourth-order valence-electron chi connectivity index (χ4n) is 1.78. The highest BCUT2D eigenvalue weighted by Crippen LogP contribution is 2.30. The lowest BCUT2D eigenvalue weighted by Gasteiger charge is -2.02. The van der Waals surface area contributed by atoms with Gasteiger partial charge in [0.05, 0.1) is 12.0 Å². The summed E-state index contributed by atoms with van der Waals surface area (Å²) in [5.41, 5.74) is 5.88. The Balaban J connectivity index is 2.30. The number of nitrogens with two attached hydrogens (primary N) is 1. The molecule has 106 valence electrons. The van der Waals surface area contributed by atoms with E-state index in [-0.39, 0.29) is 11.4 Å². The van der Waals surface area contributed by atoms with Crippen LogP contribution in [0.15, 0.2) is 18.2 Å². The largest absolute Gasteiger partial charge is 0.490 e. The Morgan fingerprint density at radius 3 is 2.95 bits per heavy atom. The molecule has 0 aliphatic rings. The number of aromatic nitrogens is 3. The second-order valence-electron chi connectivity index (χ2n) is 4.14. The molecule has 3 N–H and O–H groups in total. The third kappa shape index (κ3) is 2.91. The Kier molecular flexibility index (Phi) is 4.26. The van der Waals surface area contributed by atoms with Crippen molar-refractivity contribution in [2.24, 2.45) is 5.73 Å². The van der Waals surface area contributed by atoms with Crippen molar-refractivity contribution < 1.29 is 9.66 Å². The maximum absolute atomic E-state index is 11.0. The zero-order chi connectivity index (χ0) is 14.5. The first-order valence-electron chi connectivity index (χ1n) is 6.10. The van der Waals surface area contributed by atoms with E-state index >= 15 is 0 Å². The van der Waals surface area contributed by atoms with Gasteiger partial charge < -0.3 is 10.5 Å². The number of aryl methyl sites for hydroxylation is 1. The highest BCUT2D eigenvalue weighted by molar-refractivity contribution is 5.63. The van der Waals surface area contributed by atoms with Crippen molar-refractivity contribution in [1.82, 2.24) is 15.2 Å². The summed E-state index contributed by atoms with van der Waals surface area (Å²) in [6.45, 7) is 0.573. The standard InChI is InChI=1S/C12H15N5O3/c1-20-10-5-4-8(7-9(10)17(18)19)12-14-11(15-16-12)3-2-6-13/h4-5,7H,2-3,6,13H2,1H3,(H,14,15,16). The van der Waals surface area contributed by atoms with Crippen LogP contribution in [0.2, 0.25) is 0 Å². The van der Waals surface area contributed by atoms with Gasteiger partial charge in [-0.2, -0.15) is 5.10 Å². The van der Waals surface area contributed by atoms with Crippen LogP contribution in [0.1, 0.15) is 12.2 Å². The molecule has 0 saturated carbocycles. The molecule has 1 aromatic carbocycles. The van der Waals surface area contributed by atoms with Crippen molar-refractivity contribution in [2.75, 3.05) is 13.7 Å². The molecule has 0 unspecified atom stereocenters. The number of nitro benzene ring substituents is 1. The first-order valence-corrected chi connectivity index (χ1v) is 6.10. The Morgan fingerprint density at radius 1 is 1.50 bits per heavy atom. The summed E-state index contributed by atoms with van der Waals surface area (Å²) in [5, 5.41) is 17.8. The van der Waals surface area contributed by atoms with Crippen LogP contribution in [0, 0.1) is 10.1 Å². The molecule has 0 saturated heterocycles. The molecule has 0 bridgehead atoms. The third-order valence-electron chi connectivity index (χ3n) is 2.78. The Labute approximate surface area is 115 Å². The van der Waals surface area contributed by atoms with Crippen molar-refractivity contribution in [1.29, 1.82) is 0 Å². The van der Waals surface area contributed by atoms with Crippen molar-refractivity contribution >= 4 is 5.69 Å². The second-order valence-corrected chi connectivity index (χ2v) is 4.14. The van der Waals surface area contributed by atoms with E-state index in [1.54, 1.807) is 6.07 Å². The number of hydrogen-bond acceptors (Lipinski definition) is 6. The molecule has 0 aliphatic heterocycles. The fraction of sp³-hybridized carbons (Fsp3) is 0.333. The van der Waals surface area contributed by atoms with Crippen LogP contribution in [0.25, 0.3) is 11.4 Å². The highest BCUT2D eigenvalue weighted by atomic mass is 16.6. The molecule has 0 atom stereocenters. The number of nitrogens with zero attached hydrogens (tertiary/aromatic N) is 3. The predicted molar refractivity (Wildman–Crippen MR) is 72.4 cm³/mol. The molecular formula is C12H15N5O3. The van der Waals surface area contributed by atoms with Gasteiger partial charge in [-0.05, 0) is 25.1 Å². The lowest BCUT2D eigenvalue weighted by molar-refractivity contribution is -0.385. The number of rotatable bonds is 6.